The van der Waals surface area contributed by atoms with Gasteiger partial charge >= 0.3 is 0 Å². The lowest BCUT2D eigenvalue weighted by Gasteiger charge is -2.17. The fourth-order valence-electron chi connectivity index (χ4n) is 2.25. The number of rotatable bonds is 6. The topological polar surface area (TPSA) is 60.3 Å². The van der Waals surface area contributed by atoms with Gasteiger partial charge in [-0.15, -0.1) is 0 Å². The van der Waals surface area contributed by atoms with Crippen molar-refractivity contribution < 1.29 is 9.53 Å². The van der Waals surface area contributed by atoms with Crippen LogP contribution in [0, 0.1) is 0 Å². The maximum Gasteiger partial charge on any atom is 0.250 e. The lowest BCUT2D eigenvalue weighted by molar-refractivity contribution is -0.122. The number of hydrogen-bond acceptors (Lipinski definition) is 3. The van der Waals surface area contributed by atoms with Crippen molar-refractivity contribution in [2.24, 2.45) is 0 Å². The van der Waals surface area contributed by atoms with Gasteiger partial charge in [0.2, 0.25) is 5.91 Å². The Morgan fingerprint density at radius 2 is 1.96 bits per heavy atom. The SMILES string of the molecule is CC(C)Oc1cccc(C(C)NC(=O)Cn2ccccc2=O)c1. The molecule has 1 atom stereocenters. The van der Waals surface area contributed by atoms with Gasteiger partial charge in [0, 0.05) is 12.3 Å². The molecule has 0 aliphatic rings. The van der Waals surface area contributed by atoms with Crippen molar-refractivity contribution in [3.8, 4) is 5.75 Å². The molecule has 0 saturated carbocycles. The van der Waals surface area contributed by atoms with Gasteiger partial charge in [-0.1, -0.05) is 18.2 Å². The van der Waals surface area contributed by atoms with Crippen molar-refractivity contribution >= 4 is 5.91 Å². The number of ether oxygens (including phenoxy) is 1. The van der Waals surface area contributed by atoms with E-state index in [1.807, 2.05) is 45.0 Å². The summed E-state index contributed by atoms with van der Waals surface area (Å²) in [5, 5.41) is 2.90. The summed E-state index contributed by atoms with van der Waals surface area (Å²) in [7, 11) is 0. The number of aromatic nitrogens is 1. The molecule has 122 valence electrons. The number of amides is 1. The molecule has 1 amide bonds. The van der Waals surface area contributed by atoms with Crippen molar-refractivity contribution in [3.05, 3.63) is 64.6 Å². The Labute approximate surface area is 135 Å². The second kappa shape index (κ2) is 7.63. The first-order valence-corrected chi connectivity index (χ1v) is 7.67. The molecule has 5 heteroatoms. The summed E-state index contributed by atoms with van der Waals surface area (Å²) in [6, 6.07) is 12.3. The van der Waals surface area contributed by atoms with E-state index in [4.69, 9.17) is 4.74 Å². The van der Waals surface area contributed by atoms with Crippen LogP contribution in [0.2, 0.25) is 0 Å². The molecule has 1 unspecified atom stereocenters. The molecule has 2 aromatic rings. The van der Waals surface area contributed by atoms with Gasteiger partial charge in [0.15, 0.2) is 0 Å². The van der Waals surface area contributed by atoms with E-state index < -0.39 is 0 Å². The summed E-state index contributed by atoms with van der Waals surface area (Å²) in [6.45, 7) is 5.84. The molecule has 2 rings (SSSR count). The quantitative estimate of drug-likeness (QED) is 0.891. The first-order chi connectivity index (χ1) is 11.0. The van der Waals surface area contributed by atoms with Crippen LogP contribution in [0.3, 0.4) is 0 Å². The van der Waals surface area contributed by atoms with Crippen molar-refractivity contribution in [1.82, 2.24) is 9.88 Å². The number of carbonyl (C=O) groups is 1. The Bertz CT molecular complexity index is 722. The maximum atomic E-state index is 12.1. The third kappa shape index (κ3) is 4.98. The Morgan fingerprint density at radius 1 is 1.17 bits per heavy atom. The molecule has 0 radical (unpaired) electrons. The molecule has 0 bridgehead atoms. The van der Waals surface area contributed by atoms with E-state index in [0.29, 0.717) is 0 Å². The van der Waals surface area contributed by atoms with E-state index in [2.05, 4.69) is 5.32 Å². The fraction of sp³-hybridized carbons (Fsp3) is 0.333. The van der Waals surface area contributed by atoms with Crippen LogP contribution in [0.1, 0.15) is 32.4 Å². The molecule has 1 N–H and O–H groups in total. The maximum absolute atomic E-state index is 12.1. The molecule has 23 heavy (non-hydrogen) atoms. The molecular formula is C18H22N2O3. The Hall–Kier alpha value is -2.56. The average molecular weight is 314 g/mol. The number of pyridine rings is 1. The lowest BCUT2D eigenvalue weighted by Crippen LogP contribution is -2.33. The van der Waals surface area contributed by atoms with Crippen LogP contribution in [0.25, 0.3) is 0 Å². The summed E-state index contributed by atoms with van der Waals surface area (Å²) in [5.74, 6) is 0.568. The molecule has 1 aromatic carbocycles. The van der Waals surface area contributed by atoms with Crippen LogP contribution in [0.4, 0.5) is 0 Å². The third-order valence-corrected chi connectivity index (χ3v) is 3.32. The molecule has 1 heterocycles. The van der Waals surface area contributed by atoms with Crippen molar-refractivity contribution in [2.45, 2.75) is 39.5 Å². The number of hydrogen-bond donors (Lipinski definition) is 1. The van der Waals surface area contributed by atoms with Crippen LogP contribution >= 0.6 is 0 Å². The molecular weight excluding hydrogens is 292 g/mol. The average Bonchev–Trinajstić information content (AvgIpc) is 2.49. The van der Waals surface area contributed by atoms with Crippen LogP contribution < -0.4 is 15.6 Å². The van der Waals surface area contributed by atoms with Gasteiger partial charge in [-0.05, 0) is 44.5 Å². The predicted octanol–water partition coefficient (Wildman–Crippen LogP) is 2.51. The minimum atomic E-state index is -0.207. The molecule has 0 spiro atoms. The minimum Gasteiger partial charge on any atom is -0.491 e. The van der Waals surface area contributed by atoms with Crippen LogP contribution in [-0.4, -0.2) is 16.6 Å². The Kier molecular flexibility index (Phi) is 5.57. The summed E-state index contributed by atoms with van der Waals surface area (Å²) in [4.78, 5) is 23.7. The van der Waals surface area contributed by atoms with Gasteiger partial charge in [-0.3, -0.25) is 9.59 Å². The van der Waals surface area contributed by atoms with Crippen molar-refractivity contribution in [3.63, 3.8) is 0 Å². The second-order valence-electron chi connectivity index (χ2n) is 5.70. The highest BCUT2D eigenvalue weighted by atomic mass is 16.5. The standard InChI is InChI=1S/C18H22N2O3/c1-13(2)23-16-8-6-7-15(11-16)14(3)19-17(21)12-20-10-5-4-9-18(20)22/h4-11,13-14H,12H2,1-3H3,(H,19,21). The molecule has 5 nitrogen and oxygen atoms in total. The summed E-state index contributed by atoms with van der Waals surface area (Å²) >= 11 is 0. The smallest absolute Gasteiger partial charge is 0.250 e. The van der Waals surface area contributed by atoms with Crippen LogP contribution in [0.15, 0.2) is 53.5 Å². The summed E-state index contributed by atoms with van der Waals surface area (Å²) < 4.78 is 7.04. The number of nitrogens with zero attached hydrogens (tertiary/aromatic N) is 1. The Morgan fingerprint density at radius 3 is 2.65 bits per heavy atom. The molecule has 0 aliphatic carbocycles. The summed E-state index contributed by atoms with van der Waals surface area (Å²) in [5.41, 5.74) is 0.763. The van der Waals surface area contributed by atoms with Gasteiger partial charge in [-0.25, -0.2) is 0 Å². The predicted molar refractivity (Wildman–Crippen MR) is 89.5 cm³/mol. The molecule has 0 saturated heterocycles. The zero-order valence-corrected chi connectivity index (χ0v) is 13.7. The van der Waals surface area contributed by atoms with Gasteiger partial charge in [0.05, 0.1) is 12.1 Å². The highest BCUT2D eigenvalue weighted by Crippen LogP contribution is 2.20. The van der Waals surface area contributed by atoms with E-state index in [0.717, 1.165) is 11.3 Å². The summed E-state index contributed by atoms with van der Waals surface area (Å²) in [6.07, 6.45) is 1.70. The van der Waals surface area contributed by atoms with Gasteiger partial charge in [-0.2, -0.15) is 0 Å². The monoisotopic (exact) mass is 314 g/mol. The second-order valence-corrected chi connectivity index (χ2v) is 5.70. The number of nitrogens with one attached hydrogen (secondary N) is 1. The molecule has 0 fully saturated rings. The van der Waals surface area contributed by atoms with Crippen LogP contribution in [0.5, 0.6) is 5.75 Å². The van der Waals surface area contributed by atoms with Crippen molar-refractivity contribution in [2.75, 3.05) is 0 Å². The van der Waals surface area contributed by atoms with Crippen molar-refractivity contribution in [1.29, 1.82) is 0 Å². The van der Waals surface area contributed by atoms with Crippen LogP contribution in [-0.2, 0) is 11.3 Å². The van der Waals surface area contributed by atoms with E-state index in [1.165, 1.54) is 10.6 Å². The largest absolute Gasteiger partial charge is 0.491 e. The normalized spacial score (nSPS) is 12.0. The van der Waals surface area contributed by atoms with Gasteiger partial charge < -0.3 is 14.6 Å². The zero-order valence-electron chi connectivity index (χ0n) is 13.7. The minimum absolute atomic E-state index is 0.00615. The number of carbonyl (C=O) groups excluding carboxylic acids is 1. The zero-order chi connectivity index (χ0) is 16.8. The number of benzene rings is 1. The van der Waals surface area contributed by atoms with Gasteiger partial charge in [0.1, 0.15) is 12.3 Å². The van der Waals surface area contributed by atoms with E-state index in [9.17, 15) is 9.59 Å². The third-order valence-electron chi connectivity index (χ3n) is 3.32. The highest BCUT2D eigenvalue weighted by molar-refractivity contribution is 5.76. The lowest BCUT2D eigenvalue weighted by atomic mass is 10.1. The Balaban J connectivity index is 2.01. The highest BCUT2D eigenvalue weighted by Gasteiger charge is 2.11. The first-order valence-electron chi connectivity index (χ1n) is 7.67. The van der Waals surface area contributed by atoms with E-state index in [1.54, 1.807) is 18.3 Å². The van der Waals surface area contributed by atoms with E-state index in [-0.39, 0.29) is 30.2 Å². The first kappa shape index (κ1) is 16.8. The molecule has 0 aliphatic heterocycles. The van der Waals surface area contributed by atoms with Gasteiger partial charge in [0.25, 0.3) is 5.56 Å². The molecule has 1 aromatic heterocycles. The van der Waals surface area contributed by atoms with E-state index >= 15 is 0 Å². The fourth-order valence-corrected chi connectivity index (χ4v) is 2.25.